The molecule has 2 saturated carbocycles. The molecule has 0 aliphatic heterocycles. The monoisotopic (exact) mass is 305 g/mol. The number of nitrogens with zero attached hydrogens (tertiary/aromatic N) is 2. The summed E-state index contributed by atoms with van der Waals surface area (Å²) in [5.41, 5.74) is 1.61. The van der Waals surface area contributed by atoms with E-state index in [2.05, 4.69) is 24.3 Å². The Balaban J connectivity index is 1.64. The van der Waals surface area contributed by atoms with Gasteiger partial charge in [-0.1, -0.05) is 26.7 Å². The highest BCUT2D eigenvalue weighted by Crippen LogP contribution is 2.62. The number of aliphatic hydroxyl groups is 1. The summed E-state index contributed by atoms with van der Waals surface area (Å²) in [6.07, 6.45) is 5.88. The third-order valence-electron chi connectivity index (χ3n) is 5.90. The predicted molar refractivity (Wildman–Crippen MR) is 84.7 cm³/mol. The normalized spacial score (nSPS) is 27.1. The summed E-state index contributed by atoms with van der Waals surface area (Å²) in [6.45, 7) is 4.91. The SMILES string of the molecule is Cn1nc(C(=O)NCC2(CO)CC2(C)C)cc1C1CCCC1. The minimum absolute atomic E-state index is 0.105. The van der Waals surface area contributed by atoms with Gasteiger partial charge in [0.25, 0.3) is 5.91 Å². The molecule has 0 bridgehead atoms. The first-order valence-corrected chi connectivity index (χ1v) is 8.32. The fourth-order valence-electron chi connectivity index (χ4n) is 3.97. The van der Waals surface area contributed by atoms with Crippen molar-refractivity contribution < 1.29 is 9.90 Å². The molecule has 1 amide bonds. The van der Waals surface area contributed by atoms with E-state index in [9.17, 15) is 9.90 Å². The maximum atomic E-state index is 12.4. The number of carbonyl (C=O) groups excluding carboxylic acids is 1. The molecule has 2 aliphatic carbocycles. The van der Waals surface area contributed by atoms with Gasteiger partial charge in [-0.25, -0.2) is 0 Å². The second-order valence-electron chi connectivity index (χ2n) is 7.74. The molecule has 1 aromatic rings. The smallest absolute Gasteiger partial charge is 0.271 e. The van der Waals surface area contributed by atoms with Gasteiger partial charge in [0, 0.05) is 30.6 Å². The van der Waals surface area contributed by atoms with Crippen molar-refractivity contribution in [3.8, 4) is 0 Å². The molecule has 1 unspecified atom stereocenters. The Morgan fingerprint density at radius 2 is 2.09 bits per heavy atom. The Morgan fingerprint density at radius 1 is 1.45 bits per heavy atom. The third-order valence-corrected chi connectivity index (χ3v) is 5.90. The zero-order valence-corrected chi connectivity index (χ0v) is 13.9. The molecule has 5 nitrogen and oxygen atoms in total. The second kappa shape index (κ2) is 5.37. The summed E-state index contributed by atoms with van der Waals surface area (Å²) in [4.78, 5) is 12.4. The molecule has 1 heterocycles. The van der Waals surface area contributed by atoms with Crippen molar-refractivity contribution in [1.82, 2.24) is 15.1 Å². The van der Waals surface area contributed by atoms with Crippen LogP contribution in [0.3, 0.4) is 0 Å². The van der Waals surface area contributed by atoms with Crippen molar-refractivity contribution in [3.05, 3.63) is 17.5 Å². The fourth-order valence-corrected chi connectivity index (χ4v) is 3.97. The molecule has 0 spiro atoms. The highest BCUT2D eigenvalue weighted by molar-refractivity contribution is 5.92. The Kier molecular flexibility index (Phi) is 3.79. The van der Waals surface area contributed by atoms with Gasteiger partial charge in [-0.15, -0.1) is 0 Å². The number of nitrogens with one attached hydrogen (secondary N) is 1. The van der Waals surface area contributed by atoms with Crippen LogP contribution in [-0.2, 0) is 7.05 Å². The van der Waals surface area contributed by atoms with Crippen LogP contribution < -0.4 is 5.32 Å². The van der Waals surface area contributed by atoms with Gasteiger partial charge >= 0.3 is 0 Å². The molecule has 3 rings (SSSR count). The van der Waals surface area contributed by atoms with E-state index < -0.39 is 0 Å². The number of hydrogen-bond acceptors (Lipinski definition) is 3. The number of aliphatic hydroxyl groups excluding tert-OH is 1. The molecule has 122 valence electrons. The van der Waals surface area contributed by atoms with Crippen molar-refractivity contribution >= 4 is 5.91 Å². The molecule has 0 radical (unpaired) electrons. The van der Waals surface area contributed by atoms with Crippen LogP contribution in [0.1, 0.15) is 68.1 Å². The quantitative estimate of drug-likeness (QED) is 0.876. The highest BCUT2D eigenvalue weighted by atomic mass is 16.3. The second-order valence-corrected chi connectivity index (χ2v) is 7.74. The number of rotatable bonds is 5. The van der Waals surface area contributed by atoms with Crippen LogP contribution in [0.2, 0.25) is 0 Å². The van der Waals surface area contributed by atoms with Gasteiger partial charge < -0.3 is 10.4 Å². The lowest BCUT2D eigenvalue weighted by molar-refractivity contribution is 0.0920. The Labute approximate surface area is 132 Å². The summed E-state index contributed by atoms with van der Waals surface area (Å²) in [6, 6.07) is 1.94. The minimum Gasteiger partial charge on any atom is -0.396 e. The van der Waals surface area contributed by atoms with E-state index in [-0.39, 0.29) is 23.3 Å². The van der Waals surface area contributed by atoms with Crippen molar-refractivity contribution in [2.45, 2.75) is 51.9 Å². The largest absolute Gasteiger partial charge is 0.396 e. The molecule has 1 aromatic heterocycles. The summed E-state index contributed by atoms with van der Waals surface area (Å²) >= 11 is 0. The molecular weight excluding hydrogens is 278 g/mol. The van der Waals surface area contributed by atoms with Gasteiger partial charge in [0.05, 0.1) is 6.61 Å². The van der Waals surface area contributed by atoms with Crippen molar-refractivity contribution in [3.63, 3.8) is 0 Å². The summed E-state index contributed by atoms with van der Waals surface area (Å²) in [7, 11) is 1.92. The van der Waals surface area contributed by atoms with Crippen LogP contribution in [0, 0.1) is 10.8 Å². The Morgan fingerprint density at radius 3 is 2.64 bits per heavy atom. The van der Waals surface area contributed by atoms with Crippen molar-refractivity contribution in [1.29, 1.82) is 0 Å². The Hall–Kier alpha value is -1.36. The maximum absolute atomic E-state index is 12.4. The van der Waals surface area contributed by atoms with Gasteiger partial charge in [-0.2, -0.15) is 5.10 Å². The van der Waals surface area contributed by atoms with E-state index in [4.69, 9.17) is 0 Å². The van der Waals surface area contributed by atoms with Gasteiger partial charge in [0.15, 0.2) is 0 Å². The number of aryl methyl sites for hydroxylation is 1. The first-order valence-electron chi connectivity index (χ1n) is 8.32. The van der Waals surface area contributed by atoms with E-state index in [1.807, 2.05) is 17.8 Å². The average Bonchev–Trinajstić information content (AvgIpc) is 2.89. The zero-order chi connectivity index (χ0) is 16.0. The van der Waals surface area contributed by atoms with Gasteiger partial charge in [-0.05, 0) is 30.7 Å². The van der Waals surface area contributed by atoms with Crippen LogP contribution >= 0.6 is 0 Å². The van der Waals surface area contributed by atoms with Gasteiger partial charge in [0.1, 0.15) is 5.69 Å². The molecular formula is C17H27N3O2. The van der Waals surface area contributed by atoms with Crippen LogP contribution in [-0.4, -0.2) is 33.9 Å². The summed E-state index contributed by atoms with van der Waals surface area (Å²) in [5, 5.41) is 16.9. The van der Waals surface area contributed by atoms with E-state index in [1.54, 1.807) is 0 Å². The first kappa shape index (κ1) is 15.5. The molecule has 2 aliphatic rings. The van der Waals surface area contributed by atoms with Crippen LogP contribution in [0.15, 0.2) is 6.07 Å². The summed E-state index contributed by atoms with van der Waals surface area (Å²) < 4.78 is 1.85. The minimum atomic E-state index is -0.161. The molecule has 1 atom stereocenters. The lowest BCUT2D eigenvalue weighted by Gasteiger charge is -2.17. The van der Waals surface area contributed by atoms with Gasteiger partial charge in [0.2, 0.25) is 0 Å². The number of hydrogen-bond donors (Lipinski definition) is 2. The lowest BCUT2D eigenvalue weighted by Crippen LogP contribution is -2.34. The number of amides is 1. The molecule has 2 fully saturated rings. The van der Waals surface area contributed by atoms with E-state index in [0.29, 0.717) is 18.2 Å². The Bertz CT molecular complexity index is 572. The highest BCUT2D eigenvalue weighted by Gasteiger charge is 2.60. The fraction of sp³-hybridized carbons (Fsp3) is 0.765. The predicted octanol–water partition coefficient (Wildman–Crippen LogP) is 2.22. The number of aromatic nitrogens is 2. The molecule has 0 aromatic carbocycles. The van der Waals surface area contributed by atoms with Crippen molar-refractivity contribution in [2.75, 3.05) is 13.2 Å². The third kappa shape index (κ3) is 2.56. The van der Waals surface area contributed by atoms with Crippen LogP contribution in [0.4, 0.5) is 0 Å². The average molecular weight is 305 g/mol. The van der Waals surface area contributed by atoms with E-state index in [0.717, 1.165) is 6.42 Å². The van der Waals surface area contributed by atoms with Crippen molar-refractivity contribution in [2.24, 2.45) is 17.9 Å². The van der Waals surface area contributed by atoms with Crippen LogP contribution in [0.5, 0.6) is 0 Å². The molecule has 0 saturated heterocycles. The topological polar surface area (TPSA) is 67.2 Å². The molecule has 22 heavy (non-hydrogen) atoms. The number of carbonyl (C=O) groups is 1. The summed E-state index contributed by atoms with van der Waals surface area (Å²) in [5.74, 6) is 0.417. The zero-order valence-electron chi connectivity index (χ0n) is 13.9. The van der Waals surface area contributed by atoms with Gasteiger partial charge in [-0.3, -0.25) is 9.48 Å². The molecule has 5 heteroatoms. The maximum Gasteiger partial charge on any atom is 0.271 e. The van der Waals surface area contributed by atoms with E-state index >= 15 is 0 Å². The lowest BCUT2D eigenvalue weighted by atomic mass is 9.97. The standard InChI is InChI=1S/C17H27N3O2/c1-16(2)9-17(16,11-21)10-18-15(22)13-8-14(20(3)19-13)12-6-4-5-7-12/h8,12,21H,4-7,9-11H2,1-3H3,(H,18,22). The first-order chi connectivity index (χ1) is 10.4. The molecule has 2 N–H and O–H groups in total. The van der Waals surface area contributed by atoms with Crippen LogP contribution in [0.25, 0.3) is 0 Å². The van der Waals surface area contributed by atoms with E-state index in [1.165, 1.54) is 31.4 Å².